The molecule has 35 heavy (non-hydrogen) atoms. The molecule has 0 spiro atoms. The first kappa shape index (κ1) is 23.5. The highest BCUT2D eigenvalue weighted by Gasteiger charge is 2.26. The molecular formula is C27H31F2N5O. The van der Waals surface area contributed by atoms with Gasteiger partial charge in [-0.25, -0.2) is 18.7 Å². The molecule has 1 aromatic heterocycles. The number of nitrogens with zero attached hydrogens (tertiary/aromatic N) is 3. The Morgan fingerprint density at radius 3 is 2.66 bits per heavy atom. The Bertz CT molecular complexity index is 1230. The smallest absolute Gasteiger partial charge is 0.227 e. The van der Waals surface area contributed by atoms with Gasteiger partial charge in [-0.1, -0.05) is 6.07 Å². The number of aryl methyl sites for hydroxylation is 1. The fraction of sp³-hybridized carbons (Fsp3) is 0.407. The highest BCUT2D eigenvalue weighted by atomic mass is 19.1. The standard InChI is InChI=1S/C27H31F2N5O/c1-16(2)34-10-11-35-26-22(28)13-19(14-24(26)34)25-23(29)15-31-27(33-25)32-20-4-5-21(17(3)12-20)18-6-8-30-9-7-18/h4-5,12-16,18,30H,6-11H2,1-3H3,(H,31,32,33). The average Bonchev–Trinajstić information content (AvgIpc) is 2.85. The minimum atomic E-state index is -0.611. The summed E-state index contributed by atoms with van der Waals surface area (Å²) >= 11 is 0. The maximum atomic E-state index is 14.9. The van der Waals surface area contributed by atoms with Crippen molar-refractivity contribution in [3.63, 3.8) is 0 Å². The molecule has 0 aliphatic carbocycles. The van der Waals surface area contributed by atoms with Crippen LogP contribution in [0.1, 0.15) is 43.7 Å². The molecule has 0 amide bonds. The second-order valence-corrected chi connectivity index (χ2v) is 9.55. The Morgan fingerprint density at radius 2 is 1.91 bits per heavy atom. The van der Waals surface area contributed by atoms with E-state index in [2.05, 4.69) is 44.6 Å². The molecule has 0 unspecified atom stereocenters. The van der Waals surface area contributed by atoms with Gasteiger partial charge in [0.2, 0.25) is 5.95 Å². The van der Waals surface area contributed by atoms with Crippen molar-refractivity contribution in [3.8, 4) is 17.0 Å². The third kappa shape index (κ3) is 4.80. The molecule has 2 N–H and O–H groups in total. The second-order valence-electron chi connectivity index (χ2n) is 9.55. The molecular weight excluding hydrogens is 448 g/mol. The number of fused-ring (bicyclic) bond motifs is 1. The molecule has 0 radical (unpaired) electrons. The molecule has 2 aliphatic heterocycles. The molecule has 5 rings (SSSR count). The van der Waals surface area contributed by atoms with Crippen LogP contribution in [-0.2, 0) is 0 Å². The largest absolute Gasteiger partial charge is 0.486 e. The molecule has 0 atom stereocenters. The number of nitrogens with one attached hydrogen (secondary N) is 2. The predicted octanol–water partition coefficient (Wildman–Crippen LogP) is 5.55. The topological polar surface area (TPSA) is 62.3 Å². The van der Waals surface area contributed by atoms with Crippen LogP contribution in [0.5, 0.6) is 5.75 Å². The molecule has 0 bridgehead atoms. The van der Waals surface area contributed by atoms with E-state index >= 15 is 0 Å². The van der Waals surface area contributed by atoms with Gasteiger partial charge < -0.3 is 20.3 Å². The Kier molecular flexibility index (Phi) is 6.56. The lowest BCUT2D eigenvalue weighted by atomic mass is 9.87. The Labute approximate surface area is 204 Å². The number of hydrogen-bond acceptors (Lipinski definition) is 6. The summed E-state index contributed by atoms with van der Waals surface area (Å²) in [6.07, 6.45) is 3.39. The number of benzene rings is 2. The number of halogens is 2. The summed E-state index contributed by atoms with van der Waals surface area (Å²) in [5.74, 6) is -0.122. The Morgan fingerprint density at radius 1 is 1.11 bits per heavy atom. The number of anilines is 3. The highest BCUT2D eigenvalue weighted by molar-refractivity contribution is 5.73. The number of hydrogen-bond donors (Lipinski definition) is 2. The van der Waals surface area contributed by atoms with Crippen LogP contribution in [-0.4, -0.2) is 42.3 Å². The van der Waals surface area contributed by atoms with Crippen molar-refractivity contribution in [2.45, 2.75) is 45.6 Å². The third-order valence-corrected chi connectivity index (χ3v) is 6.86. The lowest BCUT2D eigenvalue weighted by molar-refractivity contribution is 0.287. The normalized spacial score (nSPS) is 16.2. The summed E-state index contributed by atoms with van der Waals surface area (Å²) in [4.78, 5) is 10.6. The van der Waals surface area contributed by atoms with E-state index in [1.165, 1.54) is 17.2 Å². The molecule has 8 heteroatoms. The van der Waals surface area contributed by atoms with Crippen LogP contribution in [0.4, 0.5) is 26.1 Å². The SMILES string of the molecule is Cc1cc(Nc2ncc(F)c(-c3cc(F)c4c(c3)N(C(C)C)CCO4)n2)ccc1C1CCNCC1. The van der Waals surface area contributed by atoms with E-state index in [1.807, 2.05) is 19.9 Å². The first-order valence-corrected chi connectivity index (χ1v) is 12.2. The molecule has 0 saturated carbocycles. The zero-order valence-electron chi connectivity index (χ0n) is 20.4. The van der Waals surface area contributed by atoms with Crippen molar-refractivity contribution in [1.29, 1.82) is 0 Å². The molecule has 6 nitrogen and oxygen atoms in total. The van der Waals surface area contributed by atoms with Crippen LogP contribution >= 0.6 is 0 Å². The lowest BCUT2D eigenvalue weighted by Crippen LogP contribution is -2.38. The third-order valence-electron chi connectivity index (χ3n) is 6.86. The fourth-order valence-corrected chi connectivity index (χ4v) is 5.08. The minimum Gasteiger partial charge on any atom is -0.486 e. The van der Waals surface area contributed by atoms with E-state index in [4.69, 9.17) is 4.74 Å². The summed E-state index contributed by atoms with van der Waals surface area (Å²) in [6.45, 7) is 9.31. The van der Waals surface area contributed by atoms with Crippen molar-refractivity contribution in [2.75, 3.05) is 36.5 Å². The van der Waals surface area contributed by atoms with Gasteiger partial charge in [0.25, 0.3) is 0 Å². The summed E-state index contributed by atoms with van der Waals surface area (Å²) < 4.78 is 35.3. The molecule has 2 aliphatic rings. The van der Waals surface area contributed by atoms with Gasteiger partial charge >= 0.3 is 0 Å². The zero-order valence-corrected chi connectivity index (χ0v) is 20.4. The van der Waals surface area contributed by atoms with Crippen LogP contribution < -0.4 is 20.3 Å². The molecule has 3 aromatic rings. The van der Waals surface area contributed by atoms with E-state index in [0.29, 0.717) is 30.3 Å². The molecule has 184 valence electrons. The van der Waals surface area contributed by atoms with Gasteiger partial charge in [0.1, 0.15) is 12.3 Å². The minimum absolute atomic E-state index is 0.0431. The lowest BCUT2D eigenvalue weighted by Gasteiger charge is -2.34. The van der Waals surface area contributed by atoms with Gasteiger partial charge in [-0.15, -0.1) is 0 Å². The van der Waals surface area contributed by atoms with Crippen molar-refractivity contribution in [1.82, 2.24) is 15.3 Å². The number of aromatic nitrogens is 2. The molecule has 2 aromatic carbocycles. The van der Waals surface area contributed by atoms with Gasteiger partial charge in [0, 0.05) is 17.3 Å². The Balaban J connectivity index is 1.43. The van der Waals surface area contributed by atoms with Crippen LogP contribution in [0.25, 0.3) is 11.3 Å². The monoisotopic (exact) mass is 479 g/mol. The quantitative estimate of drug-likeness (QED) is 0.501. The summed E-state index contributed by atoms with van der Waals surface area (Å²) in [5.41, 5.74) is 4.39. The first-order valence-electron chi connectivity index (χ1n) is 12.2. The van der Waals surface area contributed by atoms with Crippen molar-refractivity contribution < 1.29 is 13.5 Å². The van der Waals surface area contributed by atoms with Crippen LogP contribution in [0, 0.1) is 18.6 Å². The van der Waals surface area contributed by atoms with Crippen molar-refractivity contribution >= 4 is 17.3 Å². The number of rotatable bonds is 5. The molecule has 1 fully saturated rings. The Hall–Kier alpha value is -3.26. The number of piperidine rings is 1. The van der Waals surface area contributed by atoms with Gasteiger partial charge in [-0.3, -0.25) is 0 Å². The highest BCUT2D eigenvalue weighted by Crippen LogP contribution is 2.39. The van der Waals surface area contributed by atoms with Crippen molar-refractivity contribution in [2.24, 2.45) is 0 Å². The summed E-state index contributed by atoms with van der Waals surface area (Å²) in [5, 5.41) is 6.59. The van der Waals surface area contributed by atoms with E-state index < -0.39 is 11.6 Å². The molecule has 1 saturated heterocycles. The van der Waals surface area contributed by atoms with Gasteiger partial charge in [0.05, 0.1) is 18.4 Å². The fourth-order valence-electron chi connectivity index (χ4n) is 5.08. The van der Waals surface area contributed by atoms with E-state index in [-0.39, 0.29) is 23.4 Å². The van der Waals surface area contributed by atoms with Gasteiger partial charge in [-0.05, 0) is 88.0 Å². The average molecular weight is 480 g/mol. The van der Waals surface area contributed by atoms with Crippen LogP contribution in [0.2, 0.25) is 0 Å². The maximum Gasteiger partial charge on any atom is 0.227 e. The zero-order chi connectivity index (χ0) is 24.5. The predicted molar refractivity (Wildman–Crippen MR) is 135 cm³/mol. The van der Waals surface area contributed by atoms with Crippen molar-refractivity contribution in [3.05, 3.63) is 59.3 Å². The number of ether oxygens (including phenoxy) is 1. The van der Waals surface area contributed by atoms with E-state index in [1.54, 1.807) is 6.07 Å². The van der Waals surface area contributed by atoms with Crippen LogP contribution in [0.3, 0.4) is 0 Å². The summed E-state index contributed by atoms with van der Waals surface area (Å²) in [6, 6.07) is 9.39. The van der Waals surface area contributed by atoms with Crippen LogP contribution in [0.15, 0.2) is 36.5 Å². The van der Waals surface area contributed by atoms with E-state index in [0.717, 1.165) is 37.8 Å². The van der Waals surface area contributed by atoms with Gasteiger partial charge in [-0.2, -0.15) is 0 Å². The van der Waals surface area contributed by atoms with E-state index in [9.17, 15) is 8.78 Å². The van der Waals surface area contributed by atoms with Gasteiger partial charge in [0.15, 0.2) is 17.4 Å². The molecule has 3 heterocycles. The first-order chi connectivity index (χ1) is 16.9. The second kappa shape index (κ2) is 9.77. The maximum absolute atomic E-state index is 14.9. The summed E-state index contributed by atoms with van der Waals surface area (Å²) in [7, 11) is 0.